The van der Waals surface area contributed by atoms with Crippen LogP contribution in [0.1, 0.15) is 26.7 Å². The van der Waals surface area contributed by atoms with Gasteiger partial charge in [0.1, 0.15) is 5.69 Å². The van der Waals surface area contributed by atoms with E-state index < -0.39 is 24.4 Å². The summed E-state index contributed by atoms with van der Waals surface area (Å²) in [6, 6.07) is 3.51. The maximum absolute atomic E-state index is 12.5. The number of amides is 2. The van der Waals surface area contributed by atoms with Crippen LogP contribution in [0, 0.1) is 5.92 Å². The first-order valence-electron chi connectivity index (χ1n) is 8.92. The number of pyridine rings is 1. The van der Waals surface area contributed by atoms with Crippen LogP contribution in [0.5, 0.6) is 0 Å². The second kappa shape index (κ2) is 9.73. The third-order valence-corrected chi connectivity index (χ3v) is 4.36. The van der Waals surface area contributed by atoms with Crippen molar-refractivity contribution in [1.29, 1.82) is 0 Å². The number of rotatable bonds is 8. The zero-order valence-electron chi connectivity index (χ0n) is 15.9. The van der Waals surface area contributed by atoms with E-state index in [1.54, 1.807) is 37.6 Å². The summed E-state index contributed by atoms with van der Waals surface area (Å²) in [5.41, 5.74) is 1.05. The summed E-state index contributed by atoms with van der Waals surface area (Å²) < 4.78 is 38.5. The van der Waals surface area contributed by atoms with E-state index in [2.05, 4.69) is 15.4 Å². The summed E-state index contributed by atoms with van der Waals surface area (Å²) in [6.07, 6.45) is -0.935. The molecule has 1 unspecified atom stereocenters. The second-order valence-corrected chi connectivity index (χ2v) is 6.72. The van der Waals surface area contributed by atoms with E-state index in [-0.39, 0.29) is 24.0 Å². The molecule has 0 radical (unpaired) electrons. The number of carbonyl (C=O) groups excluding carboxylic acids is 2. The third-order valence-electron chi connectivity index (χ3n) is 4.09. The monoisotopic (exact) mass is 431 g/mol. The van der Waals surface area contributed by atoms with Crippen molar-refractivity contribution in [3.8, 4) is 5.69 Å². The highest BCUT2D eigenvalue weighted by atomic mass is 35.5. The van der Waals surface area contributed by atoms with Crippen molar-refractivity contribution in [3.63, 3.8) is 0 Å². The number of aromatic nitrogens is 3. The Labute approximate surface area is 170 Å². The Balaban J connectivity index is 1.97. The molecule has 0 saturated carbocycles. The molecule has 2 aromatic rings. The molecule has 1 N–H and O–H groups in total. The maximum Gasteiger partial charge on any atom is 0.389 e. The van der Waals surface area contributed by atoms with E-state index in [1.807, 2.05) is 0 Å². The molecule has 2 amide bonds. The lowest BCUT2D eigenvalue weighted by Crippen LogP contribution is -2.37. The van der Waals surface area contributed by atoms with Crippen LogP contribution in [0.25, 0.3) is 5.69 Å². The molecule has 158 valence electrons. The summed E-state index contributed by atoms with van der Waals surface area (Å²) in [6.45, 7) is 3.16. The number of alkyl halides is 3. The van der Waals surface area contributed by atoms with Gasteiger partial charge in [-0.15, -0.1) is 0 Å². The predicted octanol–water partition coefficient (Wildman–Crippen LogP) is 3.37. The zero-order chi connectivity index (χ0) is 21.6. The molecular formula is C18H21ClF3N5O2. The molecule has 0 aliphatic heterocycles. The minimum atomic E-state index is -4.42. The quantitative estimate of drug-likeness (QED) is 0.695. The first-order valence-corrected chi connectivity index (χ1v) is 9.30. The minimum Gasteiger partial charge on any atom is -0.355 e. The largest absolute Gasteiger partial charge is 0.389 e. The van der Waals surface area contributed by atoms with E-state index in [0.29, 0.717) is 17.9 Å². The summed E-state index contributed by atoms with van der Waals surface area (Å²) in [4.78, 5) is 29.7. The van der Waals surface area contributed by atoms with Crippen LogP contribution in [-0.2, 0) is 9.59 Å². The van der Waals surface area contributed by atoms with Gasteiger partial charge in [-0.3, -0.25) is 14.6 Å². The van der Waals surface area contributed by atoms with Crippen molar-refractivity contribution in [2.24, 2.45) is 5.92 Å². The van der Waals surface area contributed by atoms with Gasteiger partial charge in [0.25, 0.3) is 0 Å². The molecule has 0 aliphatic rings. The molecule has 2 aromatic heterocycles. The van der Waals surface area contributed by atoms with Crippen molar-refractivity contribution < 1.29 is 22.8 Å². The summed E-state index contributed by atoms with van der Waals surface area (Å²) in [5, 5.41) is 6.65. The molecule has 1 atom stereocenters. The molecule has 0 bridgehead atoms. The number of anilines is 1. The van der Waals surface area contributed by atoms with Crippen LogP contribution < -0.4 is 10.2 Å². The fourth-order valence-electron chi connectivity index (χ4n) is 2.67. The number of hydrogen-bond donors (Lipinski definition) is 1. The fraction of sp³-hybridized carbons (Fsp3) is 0.444. The predicted molar refractivity (Wildman–Crippen MR) is 102 cm³/mol. The Kier molecular flexibility index (Phi) is 7.60. The first-order chi connectivity index (χ1) is 13.6. The SMILES string of the molecule is CCN(C(=O)CCNC(=O)C(C)CC(F)(F)F)c1cn(-c2cccnc2)nc1Cl. The lowest BCUT2D eigenvalue weighted by Gasteiger charge is -2.20. The number of halogens is 4. The summed E-state index contributed by atoms with van der Waals surface area (Å²) in [5.74, 6) is -2.32. The van der Waals surface area contributed by atoms with Gasteiger partial charge in [0.15, 0.2) is 5.15 Å². The highest BCUT2D eigenvalue weighted by molar-refractivity contribution is 6.32. The zero-order valence-corrected chi connectivity index (χ0v) is 16.7. The van der Waals surface area contributed by atoms with Crippen LogP contribution in [-0.4, -0.2) is 45.8 Å². The third kappa shape index (κ3) is 6.45. The molecule has 2 rings (SSSR count). The first kappa shape index (κ1) is 22.7. The van der Waals surface area contributed by atoms with Gasteiger partial charge < -0.3 is 10.2 Å². The van der Waals surface area contributed by atoms with Crippen LogP contribution in [0.15, 0.2) is 30.7 Å². The number of carbonyl (C=O) groups is 2. The Hall–Kier alpha value is -2.62. The molecule has 0 aromatic carbocycles. The van der Waals surface area contributed by atoms with Crippen LogP contribution >= 0.6 is 11.6 Å². The van der Waals surface area contributed by atoms with Crippen LogP contribution in [0.4, 0.5) is 18.9 Å². The van der Waals surface area contributed by atoms with Gasteiger partial charge in [0.05, 0.1) is 24.5 Å². The fourth-order valence-corrected chi connectivity index (χ4v) is 2.90. The van der Waals surface area contributed by atoms with Crippen molar-refractivity contribution in [2.45, 2.75) is 32.9 Å². The van der Waals surface area contributed by atoms with E-state index in [0.717, 1.165) is 0 Å². The highest BCUT2D eigenvalue weighted by Gasteiger charge is 2.32. The van der Waals surface area contributed by atoms with Gasteiger partial charge in [0.2, 0.25) is 11.8 Å². The molecule has 29 heavy (non-hydrogen) atoms. The Bertz CT molecular complexity index is 842. The number of nitrogens with zero attached hydrogens (tertiary/aromatic N) is 4. The van der Waals surface area contributed by atoms with Gasteiger partial charge >= 0.3 is 6.18 Å². The Morgan fingerprint density at radius 3 is 2.69 bits per heavy atom. The molecule has 0 saturated heterocycles. The average molecular weight is 432 g/mol. The molecule has 7 nitrogen and oxygen atoms in total. The topological polar surface area (TPSA) is 80.1 Å². The highest BCUT2D eigenvalue weighted by Crippen LogP contribution is 2.27. The van der Waals surface area contributed by atoms with Crippen molar-refractivity contribution in [1.82, 2.24) is 20.1 Å². The lowest BCUT2D eigenvalue weighted by molar-refractivity contribution is -0.152. The minimum absolute atomic E-state index is 0.0786. The van der Waals surface area contributed by atoms with Crippen molar-refractivity contribution >= 4 is 29.1 Å². The molecule has 0 spiro atoms. The van der Waals surface area contributed by atoms with E-state index >= 15 is 0 Å². The average Bonchev–Trinajstić information content (AvgIpc) is 3.03. The van der Waals surface area contributed by atoms with Crippen molar-refractivity contribution in [3.05, 3.63) is 35.9 Å². The van der Waals surface area contributed by atoms with E-state index in [4.69, 9.17) is 11.6 Å². The molecule has 0 fully saturated rings. The molecule has 11 heteroatoms. The Morgan fingerprint density at radius 1 is 1.38 bits per heavy atom. The van der Waals surface area contributed by atoms with Gasteiger partial charge in [0, 0.05) is 31.6 Å². The van der Waals surface area contributed by atoms with Gasteiger partial charge in [-0.05, 0) is 19.1 Å². The maximum atomic E-state index is 12.5. The van der Waals surface area contributed by atoms with Crippen molar-refractivity contribution in [2.75, 3.05) is 18.0 Å². The number of nitrogens with one attached hydrogen (secondary N) is 1. The Morgan fingerprint density at radius 2 is 2.10 bits per heavy atom. The summed E-state index contributed by atoms with van der Waals surface area (Å²) in [7, 11) is 0. The van der Waals surface area contributed by atoms with Gasteiger partial charge in [-0.1, -0.05) is 18.5 Å². The second-order valence-electron chi connectivity index (χ2n) is 6.36. The molecule has 0 aliphatic carbocycles. The van der Waals surface area contributed by atoms with E-state index in [1.165, 1.54) is 16.5 Å². The standard InChI is InChI=1S/C18H21ClF3N5O2/c1-3-26(14-11-27(25-16(14)19)13-5-4-7-23-10-13)15(28)6-8-24-17(29)12(2)9-18(20,21)22/h4-5,7,10-12H,3,6,8-9H2,1-2H3,(H,24,29). The smallest absolute Gasteiger partial charge is 0.355 e. The normalized spacial score (nSPS) is 12.5. The number of hydrogen-bond acceptors (Lipinski definition) is 4. The summed E-state index contributed by atoms with van der Waals surface area (Å²) >= 11 is 6.18. The van der Waals surface area contributed by atoms with Gasteiger partial charge in [-0.2, -0.15) is 18.3 Å². The van der Waals surface area contributed by atoms with Crippen LogP contribution in [0.3, 0.4) is 0 Å². The van der Waals surface area contributed by atoms with Crippen LogP contribution in [0.2, 0.25) is 5.15 Å². The lowest BCUT2D eigenvalue weighted by atomic mass is 10.1. The van der Waals surface area contributed by atoms with Gasteiger partial charge in [-0.25, -0.2) is 4.68 Å². The molecular weight excluding hydrogens is 411 g/mol. The molecule has 2 heterocycles. The van der Waals surface area contributed by atoms with E-state index in [9.17, 15) is 22.8 Å².